The molecule has 156 valence electrons. The van der Waals surface area contributed by atoms with Gasteiger partial charge >= 0.3 is 0 Å². The van der Waals surface area contributed by atoms with Gasteiger partial charge in [0.25, 0.3) is 5.91 Å². The van der Waals surface area contributed by atoms with Crippen molar-refractivity contribution in [3.63, 3.8) is 0 Å². The highest BCUT2D eigenvalue weighted by Gasteiger charge is 2.32. The van der Waals surface area contributed by atoms with Crippen LogP contribution in [-0.4, -0.2) is 59.2 Å². The van der Waals surface area contributed by atoms with Crippen molar-refractivity contribution in [2.75, 3.05) is 26.3 Å². The van der Waals surface area contributed by atoms with Gasteiger partial charge in [0.1, 0.15) is 11.6 Å². The molecule has 2 aromatic rings. The number of hydrogen-bond acceptors (Lipinski definition) is 4. The molecule has 1 heterocycles. The summed E-state index contributed by atoms with van der Waals surface area (Å²) < 4.78 is 18.9. The topological polar surface area (TPSA) is 53.0 Å². The number of benzene rings is 2. The number of carbonyl (C=O) groups is 1. The molecular weight excluding hydrogens is 371 g/mol. The van der Waals surface area contributed by atoms with Crippen LogP contribution >= 0.6 is 0 Å². The summed E-state index contributed by atoms with van der Waals surface area (Å²) in [5.74, 6) is 0.376. The summed E-state index contributed by atoms with van der Waals surface area (Å²) in [4.78, 5) is 17.0. The summed E-state index contributed by atoms with van der Waals surface area (Å²) in [7, 11) is 0. The highest BCUT2D eigenvalue weighted by molar-refractivity contribution is 5.78. The zero-order valence-electron chi connectivity index (χ0n) is 17.1. The Bertz CT molecular complexity index is 812. The van der Waals surface area contributed by atoms with E-state index in [0.29, 0.717) is 18.7 Å². The summed E-state index contributed by atoms with van der Waals surface area (Å²) in [6.45, 7) is 6.29. The lowest BCUT2D eigenvalue weighted by Gasteiger charge is -2.44. The quantitative estimate of drug-likeness (QED) is 0.777. The number of amides is 1. The zero-order valence-corrected chi connectivity index (χ0v) is 17.1. The third-order valence-electron chi connectivity index (χ3n) is 5.44. The molecule has 1 saturated heterocycles. The first-order chi connectivity index (χ1) is 14.0. The van der Waals surface area contributed by atoms with Crippen molar-refractivity contribution < 1.29 is 19.0 Å². The van der Waals surface area contributed by atoms with Crippen molar-refractivity contribution >= 4 is 5.91 Å². The number of ether oxygens (including phenoxy) is 1. The highest BCUT2D eigenvalue weighted by atomic mass is 19.1. The number of piperazine rings is 1. The van der Waals surface area contributed by atoms with Crippen molar-refractivity contribution in [3.05, 3.63) is 65.5 Å². The summed E-state index contributed by atoms with van der Waals surface area (Å²) in [5.41, 5.74) is 1.96. The molecule has 1 amide bonds. The van der Waals surface area contributed by atoms with E-state index in [-0.39, 0.29) is 37.0 Å². The molecule has 0 unspecified atom stereocenters. The molecule has 3 rings (SSSR count). The summed E-state index contributed by atoms with van der Waals surface area (Å²) >= 11 is 0. The molecular formula is C23H29FN2O3. The van der Waals surface area contributed by atoms with Gasteiger partial charge in [-0.05, 0) is 49.6 Å². The predicted octanol–water partition coefficient (Wildman–Crippen LogP) is 2.86. The second kappa shape index (κ2) is 9.85. The van der Waals surface area contributed by atoms with Gasteiger partial charge in [0.15, 0.2) is 6.61 Å². The van der Waals surface area contributed by atoms with E-state index in [9.17, 15) is 14.3 Å². The molecule has 0 radical (unpaired) electrons. The van der Waals surface area contributed by atoms with Crippen LogP contribution in [0.25, 0.3) is 0 Å². The average Bonchev–Trinajstić information content (AvgIpc) is 2.71. The van der Waals surface area contributed by atoms with Gasteiger partial charge in [0, 0.05) is 38.3 Å². The fourth-order valence-corrected chi connectivity index (χ4v) is 3.78. The van der Waals surface area contributed by atoms with E-state index in [1.54, 1.807) is 0 Å². The molecule has 1 N–H and O–H groups in total. The number of aliphatic hydroxyl groups excluding tert-OH is 1. The second-order valence-corrected chi connectivity index (χ2v) is 7.67. The lowest BCUT2D eigenvalue weighted by atomic mass is 10.1. The maximum Gasteiger partial charge on any atom is 0.260 e. The summed E-state index contributed by atoms with van der Waals surface area (Å²) in [6.07, 6.45) is 0.500. The molecule has 0 aromatic heterocycles. The minimum Gasteiger partial charge on any atom is -0.483 e. The first kappa shape index (κ1) is 21.3. The second-order valence-electron chi connectivity index (χ2n) is 7.67. The standard InChI is InChI=1S/C23H29FN2O3/c1-17-14-26(18(2)13-25(17)15-19-7-9-21(24)10-8-19)23(28)16-29-22-6-4-3-5-20(22)11-12-27/h3-10,17-18,27H,11-16H2,1-2H3/t17-,18+/m0/s1. The normalized spacial score (nSPS) is 19.9. The van der Waals surface area contributed by atoms with Gasteiger partial charge in [-0.1, -0.05) is 30.3 Å². The van der Waals surface area contributed by atoms with E-state index >= 15 is 0 Å². The Balaban J connectivity index is 1.56. The van der Waals surface area contributed by atoms with Crippen LogP contribution in [0.2, 0.25) is 0 Å². The van der Waals surface area contributed by atoms with Crippen molar-refractivity contribution in [1.82, 2.24) is 9.80 Å². The molecule has 2 atom stereocenters. The molecule has 0 saturated carbocycles. The van der Waals surface area contributed by atoms with Crippen LogP contribution in [0.3, 0.4) is 0 Å². The largest absolute Gasteiger partial charge is 0.483 e. The Kier molecular flexibility index (Phi) is 7.23. The van der Waals surface area contributed by atoms with Gasteiger partial charge in [0.2, 0.25) is 0 Å². The molecule has 6 heteroatoms. The van der Waals surface area contributed by atoms with Crippen LogP contribution < -0.4 is 4.74 Å². The third-order valence-corrected chi connectivity index (χ3v) is 5.44. The van der Waals surface area contributed by atoms with Crippen molar-refractivity contribution in [2.45, 2.75) is 38.9 Å². The smallest absolute Gasteiger partial charge is 0.260 e. The van der Waals surface area contributed by atoms with Crippen LogP contribution in [-0.2, 0) is 17.8 Å². The van der Waals surface area contributed by atoms with Gasteiger partial charge in [0.05, 0.1) is 0 Å². The summed E-state index contributed by atoms with van der Waals surface area (Å²) in [5, 5.41) is 9.18. The predicted molar refractivity (Wildman–Crippen MR) is 110 cm³/mol. The molecule has 29 heavy (non-hydrogen) atoms. The van der Waals surface area contributed by atoms with E-state index in [1.807, 2.05) is 48.2 Å². The number of rotatable bonds is 7. The number of nitrogens with zero attached hydrogens (tertiary/aromatic N) is 2. The fraction of sp³-hybridized carbons (Fsp3) is 0.435. The summed E-state index contributed by atoms with van der Waals surface area (Å²) in [6, 6.07) is 14.3. The maximum atomic E-state index is 13.1. The van der Waals surface area contributed by atoms with E-state index in [1.165, 1.54) is 12.1 Å². The van der Waals surface area contributed by atoms with E-state index < -0.39 is 0 Å². The Morgan fingerprint density at radius 3 is 2.55 bits per heavy atom. The molecule has 5 nitrogen and oxygen atoms in total. The van der Waals surface area contributed by atoms with Crippen molar-refractivity contribution in [1.29, 1.82) is 0 Å². The van der Waals surface area contributed by atoms with Gasteiger partial charge in [-0.3, -0.25) is 9.69 Å². The number of para-hydroxylation sites is 1. The minimum atomic E-state index is -0.230. The number of halogens is 1. The maximum absolute atomic E-state index is 13.1. The molecule has 0 aliphatic carbocycles. The van der Waals surface area contributed by atoms with Crippen LogP contribution in [0.4, 0.5) is 4.39 Å². The molecule has 1 aliphatic rings. The van der Waals surface area contributed by atoms with Crippen LogP contribution in [0.5, 0.6) is 5.75 Å². The molecule has 0 bridgehead atoms. The highest BCUT2D eigenvalue weighted by Crippen LogP contribution is 2.21. The van der Waals surface area contributed by atoms with Gasteiger partial charge in [-0.2, -0.15) is 0 Å². The van der Waals surface area contributed by atoms with Crippen molar-refractivity contribution in [2.24, 2.45) is 0 Å². The van der Waals surface area contributed by atoms with Crippen LogP contribution in [0.1, 0.15) is 25.0 Å². The van der Waals surface area contributed by atoms with Gasteiger partial charge in [-0.25, -0.2) is 4.39 Å². The van der Waals surface area contributed by atoms with Gasteiger partial charge in [-0.15, -0.1) is 0 Å². The number of carbonyl (C=O) groups excluding carboxylic acids is 1. The minimum absolute atomic E-state index is 0.0164. The van der Waals surface area contributed by atoms with E-state index in [4.69, 9.17) is 4.74 Å². The van der Waals surface area contributed by atoms with Crippen LogP contribution in [0, 0.1) is 5.82 Å². The van der Waals surface area contributed by atoms with E-state index in [0.717, 1.165) is 24.2 Å². The average molecular weight is 400 g/mol. The first-order valence-corrected chi connectivity index (χ1v) is 10.1. The lowest BCUT2D eigenvalue weighted by molar-refractivity contribution is -0.139. The SMILES string of the molecule is C[C@@H]1CN(Cc2ccc(F)cc2)[C@@H](C)CN1C(=O)COc1ccccc1CCO. The molecule has 0 spiro atoms. The number of hydrogen-bond donors (Lipinski definition) is 1. The molecule has 1 fully saturated rings. The third kappa shape index (κ3) is 5.55. The first-order valence-electron chi connectivity index (χ1n) is 10.1. The van der Waals surface area contributed by atoms with Gasteiger partial charge < -0.3 is 14.7 Å². The molecule has 1 aliphatic heterocycles. The fourth-order valence-electron chi connectivity index (χ4n) is 3.78. The number of aliphatic hydroxyl groups is 1. The monoisotopic (exact) mass is 400 g/mol. The lowest BCUT2D eigenvalue weighted by Crippen LogP contribution is -2.58. The Hall–Kier alpha value is -2.44. The Labute approximate surface area is 171 Å². The van der Waals surface area contributed by atoms with E-state index in [2.05, 4.69) is 11.8 Å². The zero-order chi connectivity index (χ0) is 20.8. The van der Waals surface area contributed by atoms with Crippen molar-refractivity contribution in [3.8, 4) is 5.75 Å². The van der Waals surface area contributed by atoms with Crippen LogP contribution in [0.15, 0.2) is 48.5 Å². The Morgan fingerprint density at radius 1 is 1.10 bits per heavy atom. The Morgan fingerprint density at radius 2 is 1.83 bits per heavy atom. The molecule has 2 aromatic carbocycles.